The molecule has 7 heteroatoms. The van der Waals surface area contributed by atoms with Crippen LogP contribution in [0.25, 0.3) is 0 Å². The second kappa shape index (κ2) is 7.07. The molecule has 1 aliphatic rings. The first-order chi connectivity index (χ1) is 11.5. The van der Waals surface area contributed by atoms with Crippen LogP contribution in [0.1, 0.15) is 23.2 Å². The van der Waals surface area contributed by atoms with Crippen LogP contribution in [0.2, 0.25) is 5.02 Å². The molecule has 0 saturated carbocycles. The number of halogens is 1. The molecule has 1 fully saturated rings. The molecule has 1 aromatic heterocycles. The fourth-order valence-electron chi connectivity index (χ4n) is 2.63. The van der Waals surface area contributed by atoms with Gasteiger partial charge in [0.25, 0.3) is 5.91 Å². The molecule has 0 aliphatic carbocycles. The van der Waals surface area contributed by atoms with Gasteiger partial charge in [0.05, 0.1) is 22.4 Å². The Balaban J connectivity index is 1.66. The molecule has 0 bridgehead atoms. The highest BCUT2D eigenvalue weighted by molar-refractivity contribution is 6.33. The van der Waals surface area contributed by atoms with Gasteiger partial charge in [0.15, 0.2) is 0 Å². The van der Waals surface area contributed by atoms with E-state index in [9.17, 15) is 9.90 Å². The number of hydrogen-bond donors (Lipinski definition) is 3. The molecular formula is C17H19ClN4O2. The molecule has 0 atom stereocenters. The van der Waals surface area contributed by atoms with E-state index < -0.39 is 0 Å². The number of nitrogens with one attached hydrogen (secondary N) is 1. The molecule has 0 radical (unpaired) electrons. The predicted molar refractivity (Wildman–Crippen MR) is 95.5 cm³/mol. The number of aliphatic hydroxyl groups excluding tert-OH is 1. The van der Waals surface area contributed by atoms with E-state index in [1.165, 1.54) is 0 Å². The number of carbonyl (C=O) groups is 1. The van der Waals surface area contributed by atoms with E-state index in [0.717, 1.165) is 31.7 Å². The molecule has 2 heterocycles. The predicted octanol–water partition coefficient (Wildman–Crippen LogP) is 2.53. The molecule has 1 aliphatic heterocycles. The van der Waals surface area contributed by atoms with Gasteiger partial charge < -0.3 is 21.1 Å². The van der Waals surface area contributed by atoms with Crippen LogP contribution in [0.15, 0.2) is 36.5 Å². The monoisotopic (exact) mass is 346 g/mol. The van der Waals surface area contributed by atoms with Crippen molar-refractivity contribution in [2.75, 3.05) is 29.0 Å². The third-order valence-electron chi connectivity index (χ3n) is 4.05. The van der Waals surface area contributed by atoms with Crippen molar-refractivity contribution in [2.45, 2.75) is 18.9 Å². The topological polar surface area (TPSA) is 91.5 Å². The SMILES string of the molecule is Nc1cc(NC(=O)c2ccc(N3CCC(O)CC3)nc2)ccc1Cl. The van der Waals surface area contributed by atoms with Crippen molar-refractivity contribution in [1.29, 1.82) is 0 Å². The highest BCUT2D eigenvalue weighted by Crippen LogP contribution is 2.23. The van der Waals surface area contributed by atoms with Gasteiger partial charge in [-0.2, -0.15) is 0 Å². The number of hydrogen-bond acceptors (Lipinski definition) is 5. The molecular weight excluding hydrogens is 328 g/mol. The van der Waals surface area contributed by atoms with Crippen molar-refractivity contribution in [3.8, 4) is 0 Å². The fourth-order valence-corrected chi connectivity index (χ4v) is 2.74. The van der Waals surface area contributed by atoms with E-state index in [1.54, 1.807) is 30.5 Å². The average molecular weight is 347 g/mol. The Morgan fingerprint density at radius 1 is 1.29 bits per heavy atom. The van der Waals surface area contributed by atoms with Gasteiger partial charge >= 0.3 is 0 Å². The van der Waals surface area contributed by atoms with Gasteiger partial charge in [-0.1, -0.05) is 11.6 Å². The van der Waals surface area contributed by atoms with Crippen molar-refractivity contribution in [1.82, 2.24) is 4.98 Å². The third kappa shape index (κ3) is 3.77. The first kappa shape index (κ1) is 16.5. The maximum absolute atomic E-state index is 12.3. The molecule has 0 unspecified atom stereocenters. The number of aromatic nitrogens is 1. The summed E-state index contributed by atoms with van der Waals surface area (Å²) in [6, 6.07) is 8.50. The lowest BCUT2D eigenvalue weighted by molar-refractivity contribution is 0.102. The van der Waals surface area contributed by atoms with Gasteiger partial charge in [0.2, 0.25) is 0 Å². The van der Waals surface area contributed by atoms with Crippen LogP contribution in [0.4, 0.5) is 17.2 Å². The minimum atomic E-state index is -0.259. The number of pyridine rings is 1. The van der Waals surface area contributed by atoms with Crippen LogP contribution in [0, 0.1) is 0 Å². The summed E-state index contributed by atoms with van der Waals surface area (Å²) >= 11 is 5.87. The molecule has 1 aromatic carbocycles. The largest absolute Gasteiger partial charge is 0.397 e. The van der Waals surface area contributed by atoms with Crippen molar-refractivity contribution < 1.29 is 9.90 Å². The Hall–Kier alpha value is -2.31. The third-order valence-corrected chi connectivity index (χ3v) is 4.40. The minimum absolute atomic E-state index is 0.224. The lowest BCUT2D eigenvalue weighted by Crippen LogP contribution is -2.36. The van der Waals surface area contributed by atoms with Gasteiger partial charge in [0, 0.05) is 25.0 Å². The van der Waals surface area contributed by atoms with Gasteiger partial charge in [-0.05, 0) is 43.2 Å². The quantitative estimate of drug-likeness (QED) is 0.743. The van der Waals surface area contributed by atoms with Crippen molar-refractivity contribution in [3.05, 3.63) is 47.1 Å². The number of rotatable bonds is 3. The number of carbonyl (C=O) groups excluding carboxylic acids is 1. The van der Waals surface area contributed by atoms with Crippen LogP contribution < -0.4 is 16.0 Å². The normalized spacial score (nSPS) is 15.3. The molecule has 0 spiro atoms. The molecule has 1 saturated heterocycles. The van der Waals surface area contributed by atoms with Crippen molar-refractivity contribution in [3.63, 3.8) is 0 Å². The molecule has 126 valence electrons. The zero-order valence-electron chi connectivity index (χ0n) is 13.1. The minimum Gasteiger partial charge on any atom is -0.397 e. The van der Waals surface area contributed by atoms with Crippen LogP contribution in [-0.4, -0.2) is 35.2 Å². The Morgan fingerprint density at radius 3 is 2.67 bits per heavy atom. The van der Waals surface area contributed by atoms with Crippen LogP contribution in [0.3, 0.4) is 0 Å². The standard InChI is InChI=1S/C17H19ClN4O2/c18-14-3-2-12(9-15(14)19)21-17(24)11-1-4-16(20-10-11)22-7-5-13(23)6-8-22/h1-4,9-10,13,23H,5-8,19H2,(H,21,24). The molecule has 2 aromatic rings. The highest BCUT2D eigenvalue weighted by atomic mass is 35.5. The number of nitrogens with zero attached hydrogens (tertiary/aromatic N) is 2. The number of amides is 1. The Kier molecular flexibility index (Phi) is 4.87. The Morgan fingerprint density at radius 2 is 2.04 bits per heavy atom. The first-order valence-electron chi connectivity index (χ1n) is 7.78. The fraction of sp³-hybridized carbons (Fsp3) is 0.294. The first-order valence-corrected chi connectivity index (χ1v) is 8.16. The zero-order valence-corrected chi connectivity index (χ0v) is 13.8. The second-order valence-corrected chi connectivity index (χ2v) is 6.22. The Labute approximate surface area is 145 Å². The van der Waals surface area contributed by atoms with E-state index in [4.69, 9.17) is 17.3 Å². The lowest BCUT2D eigenvalue weighted by atomic mass is 10.1. The van der Waals surface area contributed by atoms with E-state index in [0.29, 0.717) is 22.0 Å². The number of benzene rings is 1. The number of nitrogens with two attached hydrogens (primary N) is 1. The van der Waals surface area contributed by atoms with Gasteiger partial charge in [0.1, 0.15) is 5.82 Å². The number of aliphatic hydroxyl groups is 1. The summed E-state index contributed by atoms with van der Waals surface area (Å²) in [4.78, 5) is 18.7. The maximum atomic E-state index is 12.3. The van der Waals surface area contributed by atoms with Crippen LogP contribution >= 0.6 is 11.6 Å². The maximum Gasteiger partial charge on any atom is 0.257 e. The average Bonchev–Trinajstić information content (AvgIpc) is 2.59. The number of anilines is 3. The molecule has 4 N–H and O–H groups in total. The summed E-state index contributed by atoms with van der Waals surface area (Å²) in [5.41, 5.74) is 7.18. The molecule has 1 amide bonds. The van der Waals surface area contributed by atoms with Crippen molar-refractivity contribution >= 4 is 34.7 Å². The summed E-state index contributed by atoms with van der Waals surface area (Å²) < 4.78 is 0. The summed E-state index contributed by atoms with van der Waals surface area (Å²) in [6.07, 6.45) is 2.80. The summed E-state index contributed by atoms with van der Waals surface area (Å²) in [7, 11) is 0. The van der Waals surface area contributed by atoms with Crippen LogP contribution in [0.5, 0.6) is 0 Å². The Bertz CT molecular complexity index is 728. The smallest absolute Gasteiger partial charge is 0.257 e. The summed E-state index contributed by atoms with van der Waals surface area (Å²) in [6.45, 7) is 1.54. The zero-order chi connectivity index (χ0) is 17.1. The summed E-state index contributed by atoms with van der Waals surface area (Å²) in [5, 5.41) is 12.8. The van der Waals surface area contributed by atoms with E-state index in [2.05, 4.69) is 15.2 Å². The van der Waals surface area contributed by atoms with Crippen LogP contribution in [-0.2, 0) is 0 Å². The molecule has 3 rings (SSSR count). The molecule has 24 heavy (non-hydrogen) atoms. The molecule has 6 nitrogen and oxygen atoms in total. The summed E-state index contributed by atoms with van der Waals surface area (Å²) in [5.74, 6) is 0.555. The van der Waals surface area contributed by atoms with E-state index in [1.807, 2.05) is 6.07 Å². The van der Waals surface area contributed by atoms with Gasteiger partial charge in [-0.25, -0.2) is 4.98 Å². The highest BCUT2D eigenvalue weighted by Gasteiger charge is 2.18. The lowest BCUT2D eigenvalue weighted by Gasteiger charge is -2.30. The van der Waals surface area contributed by atoms with Gasteiger partial charge in [-0.15, -0.1) is 0 Å². The number of nitrogen functional groups attached to an aromatic ring is 1. The van der Waals surface area contributed by atoms with Crippen molar-refractivity contribution in [2.24, 2.45) is 0 Å². The number of piperidine rings is 1. The van der Waals surface area contributed by atoms with E-state index >= 15 is 0 Å². The van der Waals surface area contributed by atoms with Gasteiger partial charge in [-0.3, -0.25) is 4.79 Å². The second-order valence-electron chi connectivity index (χ2n) is 5.81. The van der Waals surface area contributed by atoms with E-state index in [-0.39, 0.29) is 12.0 Å².